The smallest absolute Gasteiger partial charge is 0.407 e. The lowest BCUT2D eigenvalue weighted by Crippen LogP contribution is -2.44. The minimum absolute atomic E-state index is 0.0796. The van der Waals surface area contributed by atoms with Crippen LogP contribution in [0.3, 0.4) is 0 Å². The summed E-state index contributed by atoms with van der Waals surface area (Å²) in [6.45, 7) is 11.1. The van der Waals surface area contributed by atoms with Gasteiger partial charge < -0.3 is 30.0 Å². The van der Waals surface area contributed by atoms with Crippen molar-refractivity contribution in [3.05, 3.63) is 59.7 Å². The van der Waals surface area contributed by atoms with Gasteiger partial charge in [-0.25, -0.2) is 14.4 Å². The summed E-state index contributed by atoms with van der Waals surface area (Å²) in [5, 5.41) is 14.9. The summed E-state index contributed by atoms with van der Waals surface area (Å²) in [7, 11) is 0. The van der Waals surface area contributed by atoms with Gasteiger partial charge in [0, 0.05) is 12.5 Å². The Kier molecular flexibility index (Phi) is 9.61. The van der Waals surface area contributed by atoms with Gasteiger partial charge in [0.25, 0.3) is 0 Å². The standard InChI is InChI=1S/C30H40N2O7/c1-29(2,3)38-19(17-31-27(35)39-30(4,5)6)15-16-25(26(33)34)32-28(36)37-18-24-22-13-9-7-11-20(22)21-12-8-10-14-23(21)24/h7-14,19,24-25H,15-18H2,1-6H3,(H,31,35)(H,32,36)(H,33,34)/t19-,25+/m1/s1. The molecular weight excluding hydrogens is 500 g/mol. The predicted octanol–water partition coefficient (Wildman–Crippen LogP) is 5.47. The first kappa shape index (κ1) is 30.0. The van der Waals surface area contributed by atoms with Gasteiger partial charge in [0.15, 0.2) is 0 Å². The lowest BCUT2D eigenvalue weighted by Gasteiger charge is -2.29. The fourth-order valence-corrected chi connectivity index (χ4v) is 4.61. The highest BCUT2D eigenvalue weighted by Gasteiger charge is 2.30. The Morgan fingerprint density at radius 1 is 0.846 bits per heavy atom. The molecule has 0 fully saturated rings. The van der Waals surface area contributed by atoms with E-state index in [9.17, 15) is 19.5 Å². The van der Waals surface area contributed by atoms with E-state index in [1.165, 1.54) is 0 Å². The molecule has 3 rings (SSSR count). The second-order valence-electron chi connectivity index (χ2n) is 11.7. The molecule has 2 atom stereocenters. The van der Waals surface area contributed by atoms with E-state index >= 15 is 0 Å². The van der Waals surface area contributed by atoms with Crippen LogP contribution in [-0.2, 0) is 19.0 Å². The van der Waals surface area contributed by atoms with Gasteiger partial charge in [0.05, 0.1) is 11.7 Å². The number of hydrogen-bond acceptors (Lipinski definition) is 6. The van der Waals surface area contributed by atoms with Crippen LogP contribution in [0.25, 0.3) is 11.1 Å². The number of rotatable bonds is 10. The van der Waals surface area contributed by atoms with Crippen LogP contribution >= 0.6 is 0 Å². The van der Waals surface area contributed by atoms with Gasteiger partial charge in [-0.15, -0.1) is 0 Å². The van der Waals surface area contributed by atoms with Crippen LogP contribution in [0.2, 0.25) is 0 Å². The van der Waals surface area contributed by atoms with E-state index < -0.39 is 41.5 Å². The van der Waals surface area contributed by atoms with Crippen LogP contribution in [0.5, 0.6) is 0 Å². The number of carbonyl (C=O) groups excluding carboxylic acids is 2. The molecule has 0 saturated carbocycles. The summed E-state index contributed by atoms with van der Waals surface area (Å²) >= 11 is 0. The zero-order valence-electron chi connectivity index (χ0n) is 23.6. The first-order valence-corrected chi connectivity index (χ1v) is 13.2. The minimum Gasteiger partial charge on any atom is -0.480 e. The number of nitrogens with one attached hydrogen (secondary N) is 2. The summed E-state index contributed by atoms with van der Waals surface area (Å²) < 4.78 is 16.8. The number of aliphatic carboxylic acids is 1. The maximum absolute atomic E-state index is 12.7. The highest BCUT2D eigenvalue weighted by Crippen LogP contribution is 2.44. The second-order valence-corrected chi connectivity index (χ2v) is 11.7. The zero-order valence-corrected chi connectivity index (χ0v) is 23.6. The van der Waals surface area contributed by atoms with Crippen molar-refractivity contribution in [3.8, 4) is 11.1 Å². The summed E-state index contributed by atoms with van der Waals surface area (Å²) in [5.74, 6) is -1.31. The molecule has 9 heteroatoms. The van der Waals surface area contributed by atoms with E-state index in [-0.39, 0.29) is 31.9 Å². The van der Waals surface area contributed by atoms with E-state index in [0.29, 0.717) is 0 Å². The largest absolute Gasteiger partial charge is 0.480 e. The number of amides is 2. The van der Waals surface area contributed by atoms with Gasteiger partial charge in [0.1, 0.15) is 18.2 Å². The van der Waals surface area contributed by atoms with Crippen LogP contribution in [0.15, 0.2) is 48.5 Å². The average Bonchev–Trinajstić information content (AvgIpc) is 3.15. The Labute approximate surface area is 230 Å². The van der Waals surface area contributed by atoms with Crippen molar-refractivity contribution >= 4 is 18.2 Å². The number of carboxylic acid groups (broad SMARTS) is 1. The SMILES string of the molecule is CC(C)(C)OC(=O)NC[C@@H](CC[C@H](NC(=O)OCC1c2ccccc2-c2ccccc21)C(=O)O)OC(C)(C)C. The minimum atomic E-state index is -1.19. The molecule has 2 aromatic carbocycles. The third-order valence-corrected chi connectivity index (χ3v) is 6.10. The number of carbonyl (C=O) groups is 3. The first-order chi connectivity index (χ1) is 18.2. The van der Waals surface area contributed by atoms with Gasteiger partial charge in [0.2, 0.25) is 0 Å². The van der Waals surface area contributed by atoms with Crippen LogP contribution < -0.4 is 10.6 Å². The van der Waals surface area contributed by atoms with Crippen molar-refractivity contribution in [2.24, 2.45) is 0 Å². The van der Waals surface area contributed by atoms with Gasteiger partial charge in [-0.1, -0.05) is 48.5 Å². The van der Waals surface area contributed by atoms with Gasteiger partial charge >= 0.3 is 18.2 Å². The Balaban J connectivity index is 1.57. The Bertz CT molecular complexity index is 1120. The number of hydrogen-bond donors (Lipinski definition) is 3. The third-order valence-electron chi connectivity index (χ3n) is 6.10. The molecule has 2 aromatic rings. The summed E-state index contributed by atoms with van der Waals surface area (Å²) in [6, 6.07) is 14.8. The van der Waals surface area contributed by atoms with Crippen LogP contribution in [0.4, 0.5) is 9.59 Å². The number of carboxylic acids is 1. The van der Waals surface area contributed by atoms with E-state index in [2.05, 4.69) is 10.6 Å². The molecule has 0 unspecified atom stereocenters. The van der Waals surface area contributed by atoms with Crippen molar-refractivity contribution < 1.29 is 33.7 Å². The van der Waals surface area contributed by atoms with Crippen molar-refractivity contribution in [1.29, 1.82) is 0 Å². The third kappa shape index (κ3) is 8.99. The van der Waals surface area contributed by atoms with E-state index in [4.69, 9.17) is 14.2 Å². The predicted molar refractivity (Wildman–Crippen MR) is 148 cm³/mol. The lowest BCUT2D eigenvalue weighted by molar-refractivity contribution is -0.139. The summed E-state index contributed by atoms with van der Waals surface area (Å²) in [4.78, 5) is 36.7. The van der Waals surface area contributed by atoms with Gasteiger partial charge in [-0.2, -0.15) is 0 Å². The molecule has 9 nitrogen and oxygen atoms in total. The molecule has 39 heavy (non-hydrogen) atoms. The van der Waals surface area contributed by atoms with Crippen molar-refractivity contribution in [2.75, 3.05) is 13.2 Å². The van der Waals surface area contributed by atoms with Gasteiger partial charge in [-0.3, -0.25) is 0 Å². The monoisotopic (exact) mass is 540 g/mol. The molecule has 0 radical (unpaired) electrons. The number of fused-ring (bicyclic) bond motifs is 3. The van der Waals surface area contributed by atoms with E-state index in [1.807, 2.05) is 69.3 Å². The summed E-state index contributed by atoms with van der Waals surface area (Å²) in [6.07, 6.45) is -1.53. The number of alkyl carbamates (subject to hydrolysis) is 2. The molecule has 0 heterocycles. The van der Waals surface area contributed by atoms with E-state index in [1.54, 1.807) is 20.8 Å². The van der Waals surface area contributed by atoms with Crippen LogP contribution in [-0.4, -0.2) is 59.8 Å². The number of ether oxygens (including phenoxy) is 3. The highest BCUT2D eigenvalue weighted by atomic mass is 16.6. The Morgan fingerprint density at radius 2 is 1.41 bits per heavy atom. The zero-order chi connectivity index (χ0) is 28.8. The van der Waals surface area contributed by atoms with Crippen molar-refractivity contribution in [3.63, 3.8) is 0 Å². The Hall–Kier alpha value is -3.59. The summed E-state index contributed by atoms with van der Waals surface area (Å²) in [5.41, 5.74) is 3.18. The molecule has 0 aromatic heterocycles. The molecule has 1 aliphatic rings. The maximum Gasteiger partial charge on any atom is 0.407 e. The average molecular weight is 541 g/mol. The molecule has 1 aliphatic carbocycles. The molecule has 0 bridgehead atoms. The highest BCUT2D eigenvalue weighted by molar-refractivity contribution is 5.81. The molecule has 212 valence electrons. The quantitative estimate of drug-likeness (QED) is 0.365. The molecule has 0 spiro atoms. The maximum atomic E-state index is 12.7. The van der Waals surface area contributed by atoms with Crippen LogP contribution in [0, 0.1) is 0 Å². The molecule has 2 amide bonds. The van der Waals surface area contributed by atoms with Crippen molar-refractivity contribution in [2.45, 2.75) is 83.6 Å². The molecular formula is C30H40N2O7. The Morgan fingerprint density at radius 3 is 1.92 bits per heavy atom. The second kappa shape index (κ2) is 12.5. The van der Waals surface area contributed by atoms with Gasteiger partial charge in [-0.05, 0) is 76.6 Å². The molecule has 3 N–H and O–H groups in total. The molecule has 0 saturated heterocycles. The fraction of sp³-hybridized carbons (Fsp3) is 0.500. The first-order valence-electron chi connectivity index (χ1n) is 13.2. The van der Waals surface area contributed by atoms with Crippen molar-refractivity contribution in [1.82, 2.24) is 10.6 Å². The normalized spacial score (nSPS) is 14.5. The van der Waals surface area contributed by atoms with Crippen LogP contribution in [0.1, 0.15) is 71.4 Å². The molecule has 0 aliphatic heterocycles. The fourth-order valence-electron chi connectivity index (χ4n) is 4.61. The number of benzene rings is 2. The van der Waals surface area contributed by atoms with E-state index in [0.717, 1.165) is 22.3 Å². The lowest BCUT2D eigenvalue weighted by atomic mass is 9.98. The topological polar surface area (TPSA) is 123 Å².